The average Bonchev–Trinajstić information content (AvgIpc) is 2.94. The molecule has 1 aromatic rings. The van der Waals surface area contributed by atoms with E-state index < -0.39 is 11.9 Å². The fourth-order valence-corrected chi connectivity index (χ4v) is 1.61. The van der Waals surface area contributed by atoms with E-state index in [-0.39, 0.29) is 6.04 Å². The number of hydrogen-bond donors (Lipinski definition) is 2. The van der Waals surface area contributed by atoms with Crippen LogP contribution < -0.4 is 11.5 Å². The normalized spacial score (nSPS) is 19.9. The van der Waals surface area contributed by atoms with Crippen LogP contribution in [0, 0.1) is 0 Å². The summed E-state index contributed by atoms with van der Waals surface area (Å²) >= 11 is 0. The lowest BCUT2D eigenvalue weighted by molar-refractivity contribution is -0.120. The Hall–Kier alpha value is -1.36. The zero-order valence-corrected chi connectivity index (χ0v) is 8.76. The first kappa shape index (κ1) is 10.2. The van der Waals surface area contributed by atoms with Crippen LogP contribution in [0.2, 0.25) is 0 Å². The number of nitrogens with zero attached hydrogens (tertiary/aromatic N) is 2. The minimum Gasteiger partial charge on any atom is -0.368 e. The second-order valence-electron chi connectivity index (χ2n) is 4.20. The topological polar surface area (TPSA) is 86.9 Å². The van der Waals surface area contributed by atoms with E-state index >= 15 is 0 Å². The summed E-state index contributed by atoms with van der Waals surface area (Å²) in [5.74, 6) is 0.168. The number of amides is 1. The number of nitrogens with two attached hydrogens (primary N) is 2. The van der Waals surface area contributed by atoms with Gasteiger partial charge in [0.15, 0.2) is 0 Å². The minimum atomic E-state index is -0.683. The largest absolute Gasteiger partial charge is 0.368 e. The summed E-state index contributed by atoms with van der Waals surface area (Å²) in [4.78, 5) is 10.9. The summed E-state index contributed by atoms with van der Waals surface area (Å²) in [5, 5.41) is 4.21. The summed E-state index contributed by atoms with van der Waals surface area (Å²) in [6.07, 6.45) is 6.29. The molecule has 2 unspecified atom stereocenters. The van der Waals surface area contributed by atoms with Crippen molar-refractivity contribution in [2.24, 2.45) is 11.5 Å². The lowest BCUT2D eigenvalue weighted by atomic mass is 10.1. The molecule has 0 aliphatic heterocycles. The zero-order chi connectivity index (χ0) is 11.0. The molecule has 2 rings (SSSR count). The third kappa shape index (κ3) is 2.02. The van der Waals surface area contributed by atoms with Crippen molar-refractivity contribution >= 4 is 5.91 Å². The first-order valence-electron chi connectivity index (χ1n) is 5.18. The van der Waals surface area contributed by atoms with E-state index in [4.69, 9.17) is 11.5 Å². The Bertz CT molecular complexity index is 369. The molecule has 0 bridgehead atoms. The maximum absolute atomic E-state index is 10.9. The highest BCUT2D eigenvalue weighted by Gasteiger charge is 2.26. The van der Waals surface area contributed by atoms with Crippen LogP contribution in [0.15, 0.2) is 12.4 Å². The second kappa shape index (κ2) is 3.66. The number of primary amides is 1. The highest BCUT2D eigenvalue weighted by molar-refractivity contribution is 5.80. The summed E-state index contributed by atoms with van der Waals surface area (Å²) < 4.78 is 1.73. The minimum absolute atomic E-state index is 0.185. The maximum atomic E-state index is 10.9. The standard InChI is InChI=1S/C10H16N4O/c1-6(9(11)10(12)15)14-5-8(4-13-14)7-2-3-7/h4-7,9H,2-3,11H2,1H3,(H2,12,15). The fraction of sp³-hybridized carbons (Fsp3) is 0.600. The first-order chi connectivity index (χ1) is 7.09. The molecule has 1 aliphatic carbocycles. The van der Waals surface area contributed by atoms with Crippen molar-refractivity contribution in [1.29, 1.82) is 0 Å². The van der Waals surface area contributed by atoms with Crippen LogP contribution in [0.3, 0.4) is 0 Å². The molecule has 15 heavy (non-hydrogen) atoms. The van der Waals surface area contributed by atoms with E-state index in [1.54, 1.807) is 4.68 Å². The Labute approximate surface area is 88.4 Å². The van der Waals surface area contributed by atoms with Gasteiger partial charge in [0.1, 0.15) is 6.04 Å². The van der Waals surface area contributed by atoms with Gasteiger partial charge in [0.25, 0.3) is 0 Å². The molecular weight excluding hydrogens is 192 g/mol. The van der Waals surface area contributed by atoms with E-state index in [9.17, 15) is 4.79 Å². The molecule has 1 amide bonds. The molecular formula is C10H16N4O. The van der Waals surface area contributed by atoms with E-state index in [0.717, 1.165) is 0 Å². The fourth-order valence-electron chi connectivity index (χ4n) is 1.61. The number of carbonyl (C=O) groups is 1. The molecule has 5 heteroatoms. The van der Waals surface area contributed by atoms with Crippen LogP contribution >= 0.6 is 0 Å². The third-order valence-corrected chi connectivity index (χ3v) is 2.94. The van der Waals surface area contributed by atoms with Crippen LogP contribution in [0.4, 0.5) is 0 Å². The van der Waals surface area contributed by atoms with Crippen molar-refractivity contribution in [3.63, 3.8) is 0 Å². The van der Waals surface area contributed by atoms with Gasteiger partial charge in [-0.2, -0.15) is 5.10 Å². The molecule has 0 aromatic carbocycles. The van der Waals surface area contributed by atoms with Crippen LogP contribution in [-0.2, 0) is 4.79 Å². The van der Waals surface area contributed by atoms with Crippen LogP contribution in [0.1, 0.15) is 37.3 Å². The maximum Gasteiger partial charge on any atom is 0.236 e. The van der Waals surface area contributed by atoms with E-state index in [2.05, 4.69) is 5.10 Å². The van der Waals surface area contributed by atoms with Gasteiger partial charge in [0.2, 0.25) is 5.91 Å². The van der Waals surface area contributed by atoms with Crippen molar-refractivity contribution < 1.29 is 4.79 Å². The summed E-state index contributed by atoms with van der Waals surface area (Å²) in [6.45, 7) is 1.85. The van der Waals surface area contributed by atoms with Gasteiger partial charge < -0.3 is 11.5 Å². The molecule has 0 radical (unpaired) electrons. The summed E-state index contributed by atoms with van der Waals surface area (Å²) in [6, 6.07) is -0.869. The Morgan fingerprint density at radius 1 is 1.67 bits per heavy atom. The molecule has 1 heterocycles. The van der Waals surface area contributed by atoms with Gasteiger partial charge in [-0.15, -0.1) is 0 Å². The first-order valence-corrected chi connectivity index (χ1v) is 5.18. The number of aromatic nitrogens is 2. The highest BCUT2D eigenvalue weighted by atomic mass is 16.1. The van der Waals surface area contributed by atoms with Crippen molar-refractivity contribution in [1.82, 2.24) is 9.78 Å². The molecule has 2 atom stereocenters. The van der Waals surface area contributed by atoms with E-state index in [1.165, 1.54) is 18.4 Å². The monoisotopic (exact) mass is 208 g/mol. The molecule has 0 spiro atoms. The molecule has 5 nitrogen and oxygen atoms in total. The predicted octanol–water partition coefficient (Wildman–Crippen LogP) is 0.134. The van der Waals surface area contributed by atoms with E-state index in [1.807, 2.05) is 19.3 Å². The van der Waals surface area contributed by atoms with Gasteiger partial charge in [-0.25, -0.2) is 0 Å². The van der Waals surface area contributed by atoms with Crippen LogP contribution in [-0.4, -0.2) is 21.7 Å². The smallest absolute Gasteiger partial charge is 0.236 e. The average molecular weight is 208 g/mol. The molecule has 1 aromatic heterocycles. The van der Waals surface area contributed by atoms with Crippen LogP contribution in [0.5, 0.6) is 0 Å². The van der Waals surface area contributed by atoms with Gasteiger partial charge in [0.05, 0.1) is 12.2 Å². The van der Waals surface area contributed by atoms with Crippen molar-refractivity contribution in [2.75, 3.05) is 0 Å². The molecule has 0 saturated heterocycles. The lowest BCUT2D eigenvalue weighted by Gasteiger charge is -2.16. The molecule has 82 valence electrons. The SMILES string of the molecule is CC(C(N)C(N)=O)n1cc(C2CC2)cn1. The third-order valence-electron chi connectivity index (χ3n) is 2.94. The Balaban J connectivity index is 2.10. The zero-order valence-electron chi connectivity index (χ0n) is 8.76. The molecule has 4 N–H and O–H groups in total. The van der Waals surface area contributed by atoms with Crippen molar-refractivity contribution in [3.8, 4) is 0 Å². The van der Waals surface area contributed by atoms with Crippen molar-refractivity contribution in [2.45, 2.75) is 37.8 Å². The van der Waals surface area contributed by atoms with Crippen LogP contribution in [0.25, 0.3) is 0 Å². The molecule has 1 fully saturated rings. The van der Waals surface area contributed by atoms with Gasteiger partial charge in [-0.1, -0.05) is 0 Å². The van der Waals surface area contributed by atoms with Gasteiger partial charge in [0, 0.05) is 6.20 Å². The quantitative estimate of drug-likeness (QED) is 0.737. The molecule has 1 aliphatic rings. The second-order valence-corrected chi connectivity index (χ2v) is 4.20. The van der Waals surface area contributed by atoms with Gasteiger partial charge in [-0.3, -0.25) is 9.48 Å². The number of carbonyl (C=O) groups excluding carboxylic acids is 1. The van der Waals surface area contributed by atoms with E-state index in [0.29, 0.717) is 5.92 Å². The van der Waals surface area contributed by atoms with Crippen molar-refractivity contribution in [3.05, 3.63) is 18.0 Å². The number of rotatable bonds is 4. The number of hydrogen-bond acceptors (Lipinski definition) is 3. The lowest BCUT2D eigenvalue weighted by Crippen LogP contribution is -2.42. The Kier molecular flexibility index (Phi) is 2.48. The summed E-state index contributed by atoms with van der Waals surface area (Å²) in [5.41, 5.74) is 12.0. The molecule has 1 saturated carbocycles. The Morgan fingerprint density at radius 2 is 2.33 bits per heavy atom. The van der Waals surface area contributed by atoms with Gasteiger partial charge in [-0.05, 0) is 31.2 Å². The highest BCUT2D eigenvalue weighted by Crippen LogP contribution is 2.39. The van der Waals surface area contributed by atoms with Gasteiger partial charge >= 0.3 is 0 Å². The Morgan fingerprint density at radius 3 is 2.87 bits per heavy atom. The summed E-state index contributed by atoms with van der Waals surface area (Å²) in [7, 11) is 0. The predicted molar refractivity (Wildman–Crippen MR) is 56.1 cm³/mol.